The molecule has 4 rings (SSSR count). The number of hydrogen-bond donors (Lipinski definition) is 1. The van der Waals surface area contributed by atoms with Crippen LogP contribution in [0.25, 0.3) is 0 Å². The van der Waals surface area contributed by atoms with Gasteiger partial charge in [-0.2, -0.15) is 0 Å². The molecule has 1 aliphatic rings. The normalized spacial score (nSPS) is 14.3. The summed E-state index contributed by atoms with van der Waals surface area (Å²) in [5.74, 6) is -1.13. The van der Waals surface area contributed by atoms with Gasteiger partial charge in [-0.05, 0) is 68.1 Å². The second kappa shape index (κ2) is 13.8. The molecule has 1 N–H and O–H groups in total. The predicted octanol–water partition coefficient (Wildman–Crippen LogP) is 5.20. The minimum Gasteiger partial charge on any atom is -0.497 e. The average molecular weight is 596 g/mol. The largest absolute Gasteiger partial charge is 0.497 e. The highest BCUT2D eigenvalue weighted by molar-refractivity contribution is 7.92. The minimum absolute atomic E-state index is 0.0301. The molecule has 3 aromatic carbocycles. The van der Waals surface area contributed by atoms with E-state index in [-0.39, 0.29) is 29.1 Å². The zero-order chi connectivity index (χ0) is 30.3. The number of para-hydroxylation sites is 1. The Morgan fingerprint density at radius 3 is 2.36 bits per heavy atom. The van der Waals surface area contributed by atoms with E-state index in [4.69, 9.17) is 4.74 Å². The van der Waals surface area contributed by atoms with E-state index in [1.165, 1.54) is 42.3 Å². The van der Waals surface area contributed by atoms with Gasteiger partial charge in [-0.3, -0.25) is 13.9 Å². The van der Waals surface area contributed by atoms with Gasteiger partial charge >= 0.3 is 0 Å². The van der Waals surface area contributed by atoms with E-state index in [0.717, 1.165) is 41.6 Å². The molecule has 2 amide bonds. The molecule has 42 heavy (non-hydrogen) atoms. The van der Waals surface area contributed by atoms with E-state index in [2.05, 4.69) is 5.32 Å². The number of amides is 2. The molecular weight excluding hydrogens is 557 g/mol. The Morgan fingerprint density at radius 1 is 1.02 bits per heavy atom. The Kier molecular flexibility index (Phi) is 10.2. The van der Waals surface area contributed by atoms with Crippen LogP contribution in [0.3, 0.4) is 0 Å². The molecule has 10 heteroatoms. The number of carbonyl (C=O) groups excluding carboxylic acids is 2. The molecule has 224 valence electrons. The van der Waals surface area contributed by atoms with Crippen molar-refractivity contribution in [1.29, 1.82) is 0 Å². The quantitative estimate of drug-likeness (QED) is 0.310. The molecule has 0 spiro atoms. The highest BCUT2D eigenvalue weighted by atomic mass is 32.2. The van der Waals surface area contributed by atoms with E-state index in [0.29, 0.717) is 17.7 Å². The summed E-state index contributed by atoms with van der Waals surface area (Å²) in [6, 6.07) is 17.9. The summed E-state index contributed by atoms with van der Waals surface area (Å²) in [6.07, 6.45) is 4.12. The number of ether oxygens (including phenoxy) is 1. The summed E-state index contributed by atoms with van der Waals surface area (Å²) in [6.45, 7) is 2.96. The van der Waals surface area contributed by atoms with E-state index in [1.807, 2.05) is 19.9 Å². The van der Waals surface area contributed by atoms with Crippen molar-refractivity contribution >= 4 is 27.5 Å². The van der Waals surface area contributed by atoms with Crippen LogP contribution in [-0.2, 0) is 26.2 Å². The number of nitrogens with zero attached hydrogens (tertiary/aromatic N) is 2. The number of rotatable bonds is 12. The van der Waals surface area contributed by atoms with Gasteiger partial charge < -0.3 is 15.0 Å². The fraction of sp³-hybridized carbons (Fsp3) is 0.375. The number of benzene rings is 3. The topological polar surface area (TPSA) is 96.0 Å². The van der Waals surface area contributed by atoms with Gasteiger partial charge in [0, 0.05) is 12.6 Å². The molecule has 0 radical (unpaired) electrons. The molecule has 1 fully saturated rings. The van der Waals surface area contributed by atoms with Crippen LogP contribution in [0.5, 0.6) is 5.75 Å². The summed E-state index contributed by atoms with van der Waals surface area (Å²) in [5, 5.41) is 3.08. The van der Waals surface area contributed by atoms with Gasteiger partial charge in [0.05, 0.1) is 17.7 Å². The van der Waals surface area contributed by atoms with Crippen molar-refractivity contribution in [3.05, 3.63) is 89.7 Å². The third kappa shape index (κ3) is 7.28. The van der Waals surface area contributed by atoms with Crippen molar-refractivity contribution in [1.82, 2.24) is 10.2 Å². The maximum atomic E-state index is 15.1. The lowest BCUT2D eigenvalue weighted by molar-refractivity contribution is -0.140. The van der Waals surface area contributed by atoms with Crippen LogP contribution in [0, 0.1) is 12.7 Å². The maximum Gasteiger partial charge on any atom is 0.264 e. The molecule has 0 saturated heterocycles. The molecule has 0 bridgehead atoms. The second-order valence-electron chi connectivity index (χ2n) is 10.6. The number of methoxy groups -OCH3 is 1. The highest BCUT2D eigenvalue weighted by Gasteiger charge is 2.35. The third-order valence-corrected chi connectivity index (χ3v) is 9.36. The summed E-state index contributed by atoms with van der Waals surface area (Å²) < 4.78 is 49.0. The minimum atomic E-state index is -4.35. The van der Waals surface area contributed by atoms with Crippen molar-refractivity contribution in [2.75, 3.05) is 18.0 Å². The second-order valence-corrected chi connectivity index (χ2v) is 12.4. The Morgan fingerprint density at radius 2 is 1.71 bits per heavy atom. The van der Waals surface area contributed by atoms with Crippen molar-refractivity contribution < 1.29 is 27.1 Å². The highest BCUT2D eigenvalue weighted by Crippen LogP contribution is 2.28. The molecule has 0 unspecified atom stereocenters. The SMILES string of the molecule is CC[C@H](C(=O)NC1CCCC1)N(Cc1cccc(OC)c1)C(=O)CN(c1ccccc1F)S(=O)(=O)c1ccc(C)cc1. The Bertz CT molecular complexity index is 1490. The van der Waals surface area contributed by atoms with Gasteiger partial charge in [0.2, 0.25) is 11.8 Å². The van der Waals surface area contributed by atoms with Gasteiger partial charge in [-0.15, -0.1) is 0 Å². The smallest absolute Gasteiger partial charge is 0.264 e. The number of anilines is 1. The molecule has 0 aliphatic heterocycles. The van der Waals surface area contributed by atoms with E-state index in [1.54, 1.807) is 30.3 Å². The van der Waals surface area contributed by atoms with Gasteiger partial charge in [0.1, 0.15) is 24.2 Å². The van der Waals surface area contributed by atoms with Crippen LogP contribution in [0.4, 0.5) is 10.1 Å². The molecule has 0 aromatic heterocycles. The van der Waals surface area contributed by atoms with Crippen molar-refractivity contribution in [2.45, 2.75) is 69.5 Å². The number of nitrogens with one attached hydrogen (secondary N) is 1. The Hall–Kier alpha value is -3.92. The molecule has 1 saturated carbocycles. The number of halogens is 1. The average Bonchev–Trinajstić information content (AvgIpc) is 3.49. The monoisotopic (exact) mass is 595 g/mol. The Balaban J connectivity index is 1.73. The zero-order valence-electron chi connectivity index (χ0n) is 24.3. The van der Waals surface area contributed by atoms with Crippen LogP contribution in [-0.4, -0.2) is 50.9 Å². The third-order valence-electron chi connectivity index (χ3n) is 7.58. The first-order valence-corrected chi connectivity index (χ1v) is 15.6. The van der Waals surface area contributed by atoms with E-state index >= 15 is 4.39 Å². The Labute approximate surface area is 247 Å². The first-order valence-electron chi connectivity index (χ1n) is 14.2. The summed E-state index contributed by atoms with van der Waals surface area (Å²) in [7, 11) is -2.82. The molecule has 1 aliphatic carbocycles. The van der Waals surface area contributed by atoms with Crippen LogP contribution in [0.1, 0.15) is 50.2 Å². The molecule has 3 aromatic rings. The number of aryl methyl sites for hydroxylation is 1. The van der Waals surface area contributed by atoms with Crippen LogP contribution < -0.4 is 14.4 Å². The van der Waals surface area contributed by atoms with Gasteiger partial charge in [-0.25, -0.2) is 12.8 Å². The number of sulfonamides is 1. The lowest BCUT2D eigenvalue weighted by Crippen LogP contribution is -2.53. The van der Waals surface area contributed by atoms with Gasteiger partial charge in [0.25, 0.3) is 10.0 Å². The van der Waals surface area contributed by atoms with Crippen LogP contribution >= 0.6 is 0 Å². The van der Waals surface area contributed by atoms with E-state index < -0.39 is 34.3 Å². The van der Waals surface area contributed by atoms with Crippen LogP contribution in [0.2, 0.25) is 0 Å². The number of hydrogen-bond acceptors (Lipinski definition) is 5. The van der Waals surface area contributed by atoms with Gasteiger partial charge in [-0.1, -0.05) is 61.7 Å². The van der Waals surface area contributed by atoms with Crippen molar-refractivity contribution in [2.24, 2.45) is 0 Å². The summed E-state index contributed by atoms with van der Waals surface area (Å²) >= 11 is 0. The predicted molar refractivity (Wildman–Crippen MR) is 160 cm³/mol. The molecule has 8 nitrogen and oxygen atoms in total. The molecule has 0 heterocycles. The molecule has 1 atom stereocenters. The zero-order valence-corrected chi connectivity index (χ0v) is 25.1. The fourth-order valence-electron chi connectivity index (χ4n) is 5.26. The van der Waals surface area contributed by atoms with E-state index in [9.17, 15) is 18.0 Å². The first-order chi connectivity index (χ1) is 20.1. The lowest BCUT2D eigenvalue weighted by Gasteiger charge is -2.34. The summed E-state index contributed by atoms with van der Waals surface area (Å²) in [4.78, 5) is 29.0. The van der Waals surface area contributed by atoms with Crippen LogP contribution in [0.15, 0.2) is 77.7 Å². The lowest BCUT2D eigenvalue weighted by atomic mass is 10.1. The molecular formula is C32H38FN3O5S. The summed E-state index contributed by atoms with van der Waals surface area (Å²) in [5.41, 5.74) is 1.30. The number of carbonyl (C=O) groups is 2. The maximum absolute atomic E-state index is 15.1. The standard InChI is InChI=1S/C32H38FN3O5S/c1-4-29(32(38)34-25-11-5-6-12-25)35(21-24-10-9-13-26(20-24)41-3)31(37)22-36(30-15-8-7-14-28(30)33)42(39,40)27-18-16-23(2)17-19-27/h7-10,13-20,25,29H,4-6,11-12,21-22H2,1-3H3,(H,34,38)/t29-/m1/s1. The first kappa shape index (κ1) is 31.0. The van der Waals surface area contributed by atoms with Crippen molar-refractivity contribution in [3.63, 3.8) is 0 Å². The fourth-order valence-corrected chi connectivity index (χ4v) is 6.68. The van der Waals surface area contributed by atoms with Crippen molar-refractivity contribution in [3.8, 4) is 5.75 Å². The van der Waals surface area contributed by atoms with Gasteiger partial charge in [0.15, 0.2) is 0 Å².